The summed E-state index contributed by atoms with van der Waals surface area (Å²) in [6.07, 6.45) is 6.90. The highest BCUT2D eigenvalue weighted by atomic mass is 15.2. The van der Waals surface area contributed by atoms with Gasteiger partial charge < -0.3 is 15.5 Å². The highest BCUT2D eigenvalue weighted by molar-refractivity contribution is 5.79. The van der Waals surface area contributed by atoms with E-state index in [1.807, 2.05) is 0 Å². The SMILES string of the molecule is CCNC(=NCC1CC1)NCCN1CCCCC1. The van der Waals surface area contributed by atoms with Crippen LogP contribution in [0.15, 0.2) is 4.99 Å². The van der Waals surface area contributed by atoms with E-state index < -0.39 is 0 Å². The lowest BCUT2D eigenvalue weighted by Crippen LogP contribution is -2.42. The quantitative estimate of drug-likeness (QED) is 0.555. The zero-order valence-corrected chi connectivity index (χ0v) is 11.7. The van der Waals surface area contributed by atoms with Crippen LogP contribution in [0.3, 0.4) is 0 Å². The second kappa shape index (κ2) is 7.62. The van der Waals surface area contributed by atoms with Crippen LogP contribution in [0.1, 0.15) is 39.0 Å². The molecule has 2 rings (SSSR count). The lowest BCUT2D eigenvalue weighted by molar-refractivity contribution is 0.232. The monoisotopic (exact) mass is 252 g/mol. The van der Waals surface area contributed by atoms with E-state index in [-0.39, 0.29) is 0 Å². The molecule has 0 aromatic rings. The summed E-state index contributed by atoms with van der Waals surface area (Å²) in [6.45, 7) is 8.78. The van der Waals surface area contributed by atoms with Crippen molar-refractivity contribution in [2.45, 2.75) is 39.0 Å². The third kappa shape index (κ3) is 5.25. The van der Waals surface area contributed by atoms with E-state index in [9.17, 15) is 0 Å². The fourth-order valence-corrected chi connectivity index (χ4v) is 2.38. The summed E-state index contributed by atoms with van der Waals surface area (Å²) in [5.74, 6) is 1.86. The van der Waals surface area contributed by atoms with Crippen molar-refractivity contribution in [3.05, 3.63) is 0 Å². The molecule has 0 radical (unpaired) electrons. The van der Waals surface area contributed by atoms with Gasteiger partial charge in [-0.25, -0.2) is 0 Å². The van der Waals surface area contributed by atoms with E-state index in [0.29, 0.717) is 0 Å². The summed E-state index contributed by atoms with van der Waals surface area (Å²) < 4.78 is 0. The molecule has 0 amide bonds. The van der Waals surface area contributed by atoms with Crippen LogP contribution in [-0.2, 0) is 0 Å². The van der Waals surface area contributed by atoms with E-state index >= 15 is 0 Å². The van der Waals surface area contributed by atoms with Crippen molar-refractivity contribution in [1.82, 2.24) is 15.5 Å². The molecule has 0 aromatic carbocycles. The predicted octanol–water partition coefficient (Wildman–Crippen LogP) is 1.44. The van der Waals surface area contributed by atoms with E-state index in [1.165, 1.54) is 45.2 Å². The van der Waals surface area contributed by atoms with Crippen LogP contribution in [0.5, 0.6) is 0 Å². The van der Waals surface area contributed by atoms with Crippen molar-refractivity contribution < 1.29 is 0 Å². The van der Waals surface area contributed by atoms with Gasteiger partial charge in [0.25, 0.3) is 0 Å². The van der Waals surface area contributed by atoms with Crippen LogP contribution in [0, 0.1) is 5.92 Å². The van der Waals surface area contributed by atoms with Gasteiger partial charge in [-0.15, -0.1) is 0 Å². The Morgan fingerprint density at radius 3 is 2.61 bits per heavy atom. The molecule has 1 saturated carbocycles. The number of nitrogens with zero attached hydrogens (tertiary/aromatic N) is 2. The molecule has 0 spiro atoms. The number of likely N-dealkylation sites (tertiary alicyclic amines) is 1. The van der Waals surface area contributed by atoms with Crippen molar-refractivity contribution in [2.75, 3.05) is 39.3 Å². The molecule has 0 aromatic heterocycles. The minimum atomic E-state index is 0.863. The highest BCUT2D eigenvalue weighted by Crippen LogP contribution is 2.28. The van der Waals surface area contributed by atoms with Gasteiger partial charge in [-0.1, -0.05) is 6.42 Å². The molecule has 2 N–H and O–H groups in total. The maximum atomic E-state index is 4.63. The average molecular weight is 252 g/mol. The van der Waals surface area contributed by atoms with Crippen molar-refractivity contribution in [3.63, 3.8) is 0 Å². The topological polar surface area (TPSA) is 39.7 Å². The fourth-order valence-electron chi connectivity index (χ4n) is 2.38. The second-order valence-electron chi connectivity index (χ2n) is 5.49. The van der Waals surface area contributed by atoms with Crippen molar-refractivity contribution in [1.29, 1.82) is 0 Å². The Labute approximate surface area is 111 Å². The van der Waals surface area contributed by atoms with E-state index in [4.69, 9.17) is 0 Å². The fraction of sp³-hybridized carbons (Fsp3) is 0.929. The molecule has 104 valence electrons. The standard InChI is InChI=1S/C14H28N4/c1-2-15-14(17-12-13-6-7-13)16-8-11-18-9-4-3-5-10-18/h13H,2-12H2,1H3,(H2,15,16,17). The van der Waals surface area contributed by atoms with Gasteiger partial charge in [0.1, 0.15) is 0 Å². The van der Waals surface area contributed by atoms with Crippen molar-refractivity contribution >= 4 is 5.96 Å². The number of piperidine rings is 1. The van der Waals surface area contributed by atoms with E-state index in [0.717, 1.165) is 38.1 Å². The zero-order chi connectivity index (χ0) is 12.6. The van der Waals surface area contributed by atoms with Gasteiger partial charge in [-0.3, -0.25) is 4.99 Å². The van der Waals surface area contributed by atoms with Gasteiger partial charge in [0, 0.05) is 26.2 Å². The molecule has 0 atom stereocenters. The minimum absolute atomic E-state index is 0.863. The molecule has 1 saturated heterocycles. The Bertz CT molecular complexity index is 255. The molecule has 4 heteroatoms. The molecule has 0 bridgehead atoms. The molecule has 0 unspecified atom stereocenters. The van der Waals surface area contributed by atoms with Crippen LogP contribution in [-0.4, -0.2) is 50.1 Å². The smallest absolute Gasteiger partial charge is 0.191 e. The van der Waals surface area contributed by atoms with Gasteiger partial charge in [0.05, 0.1) is 0 Å². The molecule has 2 fully saturated rings. The Morgan fingerprint density at radius 1 is 1.17 bits per heavy atom. The molecule has 18 heavy (non-hydrogen) atoms. The lowest BCUT2D eigenvalue weighted by Gasteiger charge is -2.26. The van der Waals surface area contributed by atoms with E-state index in [2.05, 4.69) is 27.4 Å². The maximum absolute atomic E-state index is 4.63. The molecular weight excluding hydrogens is 224 g/mol. The average Bonchev–Trinajstić information content (AvgIpc) is 3.21. The number of guanidine groups is 1. The lowest BCUT2D eigenvalue weighted by atomic mass is 10.1. The van der Waals surface area contributed by atoms with Crippen LogP contribution in [0.4, 0.5) is 0 Å². The van der Waals surface area contributed by atoms with Gasteiger partial charge in [-0.2, -0.15) is 0 Å². The number of nitrogens with one attached hydrogen (secondary N) is 2. The number of rotatable bonds is 6. The van der Waals surface area contributed by atoms with Crippen LogP contribution >= 0.6 is 0 Å². The zero-order valence-electron chi connectivity index (χ0n) is 11.7. The summed E-state index contributed by atoms with van der Waals surface area (Å²) in [6, 6.07) is 0. The Kier molecular flexibility index (Phi) is 5.78. The third-order valence-electron chi connectivity index (χ3n) is 3.72. The van der Waals surface area contributed by atoms with Gasteiger partial charge in [0.15, 0.2) is 5.96 Å². The van der Waals surface area contributed by atoms with Gasteiger partial charge in [-0.05, 0) is 51.6 Å². The Morgan fingerprint density at radius 2 is 1.94 bits per heavy atom. The summed E-state index contributed by atoms with van der Waals surface area (Å²) in [4.78, 5) is 7.19. The first-order chi connectivity index (χ1) is 8.88. The first kappa shape index (κ1) is 13.7. The summed E-state index contributed by atoms with van der Waals surface area (Å²) in [7, 11) is 0. The van der Waals surface area contributed by atoms with Crippen molar-refractivity contribution in [3.8, 4) is 0 Å². The Hall–Kier alpha value is -0.770. The first-order valence-corrected chi connectivity index (χ1v) is 7.63. The summed E-state index contributed by atoms with van der Waals surface area (Å²) in [5, 5.41) is 6.77. The highest BCUT2D eigenvalue weighted by Gasteiger charge is 2.20. The number of aliphatic imine (C=N–C) groups is 1. The van der Waals surface area contributed by atoms with E-state index in [1.54, 1.807) is 0 Å². The normalized spacial score (nSPS) is 21.9. The largest absolute Gasteiger partial charge is 0.357 e. The molecule has 1 aliphatic heterocycles. The van der Waals surface area contributed by atoms with Crippen LogP contribution in [0.25, 0.3) is 0 Å². The minimum Gasteiger partial charge on any atom is -0.357 e. The summed E-state index contributed by atoms with van der Waals surface area (Å²) >= 11 is 0. The predicted molar refractivity (Wildman–Crippen MR) is 77.0 cm³/mol. The molecule has 1 heterocycles. The summed E-state index contributed by atoms with van der Waals surface area (Å²) in [5.41, 5.74) is 0. The van der Waals surface area contributed by atoms with Gasteiger partial charge in [0.2, 0.25) is 0 Å². The number of hydrogen-bond acceptors (Lipinski definition) is 2. The maximum Gasteiger partial charge on any atom is 0.191 e. The molecule has 4 nitrogen and oxygen atoms in total. The molecular formula is C14H28N4. The van der Waals surface area contributed by atoms with Crippen LogP contribution < -0.4 is 10.6 Å². The van der Waals surface area contributed by atoms with Gasteiger partial charge >= 0.3 is 0 Å². The van der Waals surface area contributed by atoms with Crippen LogP contribution in [0.2, 0.25) is 0 Å². The second-order valence-corrected chi connectivity index (χ2v) is 5.49. The first-order valence-electron chi connectivity index (χ1n) is 7.63. The third-order valence-corrected chi connectivity index (χ3v) is 3.72. The molecule has 1 aliphatic carbocycles. The van der Waals surface area contributed by atoms with Crippen molar-refractivity contribution in [2.24, 2.45) is 10.9 Å². The number of hydrogen-bond donors (Lipinski definition) is 2. The Balaban J connectivity index is 1.62. The molecule has 2 aliphatic rings.